The van der Waals surface area contributed by atoms with Crippen molar-refractivity contribution >= 4 is 27.1 Å². The molecule has 0 atom stereocenters. The second-order valence-electron chi connectivity index (χ2n) is 8.43. The molecule has 0 fully saturated rings. The lowest BCUT2D eigenvalue weighted by Crippen LogP contribution is -1.92. The van der Waals surface area contributed by atoms with Gasteiger partial charge in [0, 0.05) is 0 Å². The van der Waals surface area contributed by atoms with Gasteiger partial charge in [0.25, 0.3) is 0 Å². The number of hydrogen-bond acceptors (Lipinski definition) is 0. The number of hydrogen-bond donors (Lipinski definition) is 0. The fourth-order valence-electron chi connectivity index (χ4n) is 5.04. The van der Waals surface area contributed by atoms with Crippen LogP contribution in [0.5, 0.6) is 0 Å². The molecule has 0 spiro atoms. The molecule has 0 radical (unpaired) electrons. The molecule has 6 rings (SSSR count). The molecule has 0 unspecified atom stereocenters. The van der Waals surface area contributed by atoms with Crippen LogP contribution in [-0.4, -0.2) is 0 Å². The minimum absolute atomic E-state index is 1.12. The maximum atomic E-state index is 2.36. The molecule has 0 heterocycles. The van der Waals surface area contributed by atoms with Gasteiger partial charge in [-0.2, -0.15) is 0 Å². The van der Waals surface area contributed by atoms with E-state index < -0.39 is 0 Å². The summed E-state index contributed by atoms with van der Waals surface area (Å²) in [5, 5.41) is 5.20. The van der Waals surface area contributed by atoms with E-state index in [0.29, 0.717) is 0 Å². The van der Waals surface area contributed by atoms with Gasteiger partial charge < -0.3 is 0 Å². The van der Waals surface area contributed by atoms with Crippen LogP contribution in [0.1, 0.15) is 18.4 Å². The standard InChI is InChI=1S/C32H24/c1-3-12-23(13-4-1)25-16-11-17-26(22-25)32-29-20-9-7-18-27(29)31(24-14-5-2-6-15-24)28-19-8-10-21-30(28)32/h2-3,5-22H,1,4H2. The number of allylic oxidation sites excluding steroid dienone is 4. The van der Waals surface area contributed by atoms with Crippen LogP contribution in [-0.2, 0) is 0 Å². The number of fused-ring (bicyclic) bond motifs is 2. The fraction of sp³-hybridized carbons (Fsp3) is 0.0625. The van der Waals surface area contributed by atoms with Crippen molar-refractivity contribution in [3.05, 3.63) is 127 Å². The van der Waals surface area contributed by atoms with Crippen molar-refractivity contribution in [1.29, 1.82) is 0 Å². The van der Waals surface area contributed by atoms with Crippen LogP contribution in [0, 0.1) is 0 Å². The minimum Gasteiger partial charge on any atom is -0.0836 e. The SMILES string of the molecule is C1=CC(c2cccc(-c3c4ccccc4c(-c4ccccc4)c4ccccc34)c2)=CCC1. The fourth-order valence-corrected chi connectivity index (χ4v) is 5.04. The second-order valence-corrected chi connectivity index (χ2v) is 8.43. The van der Waals surface area contributed by atoms with Crippen molar-refractivity contribution in [2.24, 2.45) is 0 Å². The highest BCUT2D eigenvalue weighted by Gasteiger charge is 2.16. The summed E-state index contributed by atoms with van der Waals surface area (Å²) in [4.78, 5) is 0. The summed E-state index contributed by atoms with van der Waals surface area (Å²) in [6.07, 6.45) is 9.15. The van der Waals surface area contributed by atoms with E-state index >= 15 is 0 Å². The average Bonchev–Trinajstić information content (AvgIpc) is 2.88. The summed E-state index contributed by atoms with van der Waals surface area (Å²) in [6.45, 7) is 0. The van der Waals surface area contributed by atoms with Gasteiger partial charge in [0.2, 0.25) is 0 Å². The Morgan fingerprint density at radius 1 is 0.438 bits per heavy atom. The highest BCUT2D eigenvalue weighted by Crippen LogP contribution is 2.43. The van der Waals surface area contributed by atoms with Gasteiger partial charge in [-0.1, -0.05) is 115 Å². The third-order valence-corrected chi connectivity index (χ3v) is 6.47. The summed E-state index contributed by atoms with van der Waals surface area (Å²) in [6, 6.07) is 37.5. The third-order valence-electron chi connectivity index (χ3n) is 6.47. The monoisotopic (exact) mass is 408 g/mol. The molecule has 152 valence electrons. The Morgan fingerprint density at radius 3 is 1.56 bits per heavy atom. The Balaban J connectivity index is 1.69. The second kappa shape index (κ2) is 7.98. The molecule has 0 heteroatoms. The van der Waals surface area contributed by atoms with Crippen LogP contribution in [0.15, 0.2) is 121 Å². The Hall–Kier alpha value is -3.90. The lowest BCUT2D eigenvalue weighted by Gasteiger charge is -2.18. The first-order chi connectivity index (χ1) is 15.9. The molecule has 0 aliphatic heterocycles. The maximum Gasteiger partial charge on any atom is -0.00262 e. The van der Waals surface area contributed by atoms with E-state index in [1.165, 1.54) is 54.9 Å². The minimum atomic E-state index is 1.12. The summed E-state index contributed by atoms with van der Waals surface area (Å²) < 4.78 is 0. The quantitative estimate of drug-likeness (QED) is 0.261. The van der Waals surface area contributed by atoms with Crippen LogP contribution in [0.25, 0.3) is 49.4 Å². The van der Waals surface area contributed by atoms with Crippen molar-refractivity contribution in [2.75, 3.05) is 0 Å². The van der Waals surface area contributed by atoms with Gasteiger partial charge in [0.15, 0.2) is 0 Å². The maximum absolute atomic E-state index is 2.36. The highest BCUT2D eigenvalue weighted by atomic mass is 14.2. The predicted octanol–water partition coefficient (Wildman–Crippen LogP) is 9.06. The molecule has 5 aromatic carbocycles. The van der Waals surface area contributed by atoms with Crippen molar-refractivity contribution < 1.29 is 0 Å². The van der Waals surface area contributed by atoms with E-state index in [9.17, 15) is 0 Å². The third kappa shape index (κ3) is 3.16. The molecule has 0 N–H and O–H groups in total. The highest BCUT2D eigenvalue weighted by molar-refractivity contribution is 6.21. The van der Waals surface area contributed by atoms with Crippen molar-refractivity contribution in [1.82, 2.24) is 0 Å². The Bertz CT molecular complexity index is 1440. The van der Waals surface area contributed by atoms with Crippen molar-refractivity contribution in [3.63, 3.8) is 0 Å². The molecule has 0 aromatic heterocycles. The van der Waals surface area contributed by atoms with Gasteiger partial charge in [0.1, 0.15) is 0 Å². The molecule has 0 bridgehead atoms. The molecular formula is C32H24. The zero-order valence-electron chi connectivity index (χ0n) is 18.0. The smallest absolute Gasteiger partial charge is 0.00262 e. The lowest BCUT2D eigenvalue weighted by atomic mass is 9.85. The zero-order valence-corrected chi connectivity index (χ0v) is 18.0. The van der Waals surface area contributed by atoms with Crippen LogP contribution >= 0.6 is 0 Å². The van der Waals surface area contributed by atoms with Crippen molar-refractivity contribution in [2.45, 2.75) is 12.8 Å². The van der Waals surface area contributed by atoms with Crippen LogP contribution < -0.4 is 0 Å². The van der Waals surface area contributed by atoms with Gasteiger partial charge in [0.05, 0.1) is 0 Å². The largest absolute Gasteiger partial charge is 0.0836 e. The van der Waals surface area contributed by atoms with Gasteiger partial charge in [-0.3, -0.25) is 0 Å². The van der Waals surface area contributed by atoms with E-state index in [0.717, 1.165) is 12.8 Å². The summed E-state index contributed by atoms with van der Waals surface area (Å²) >= 11 is 0. The van der Waals surface area contributed by atoms with Gasteiger partial charge in [-0.15, -0.1) is 0 Å². The van der Waals surface area contributed by atoms with Crippen molar-refractivity contribution in [3.8, 4) is 22.3 Å². The Labute approximate surface area is 189 Å². The average molecular weight is 409 g/mol. The molecule has 1 aliphatic rings. The molecule has 5 aromatic rings. The first kappa shape index (κ1) is 18.8. The summed E-state index contributed by atoms with van der Waals surface area (Å²) in [7, 11) is 0. The zero-order chi connectivity index (χ0) is 21.3. The van der Waals surface area contributed by atoms with Crippen LogP contribution in [0.4, 0.5) is 0 Å². The molecule has 1 aliphatic carbocycles. The van der Waals surface area contributed by atoms with E-state index in [2.05, 4.69) is 121 Å². The first-order valence-corrected chi connectivity index (χ1v) is 11.4. The summed E-state index contributed by atoms with van der Waals surface area (Å²) in [5.41, 5.74) is 7.78. The Morgan fingerprint density at radius 2 is 0.969 bits per heavy atom. The summed E-state index contributed by atoms with van der Waals surface area (Å²) in [5.74, 6) is 0. The predicted molar refractivity (Wildman–Crippen MR) is 139 cm³/mol. The van der Waals surface area contributed by atoms with Gasteiger partial charge >= 0.3 is 0 Å². The molecule has 0 amide bonds. The number of rotatable bonds is 3. The molecular weight excluding hydrogens is 384 g/mol. The molecule has 0 nitrogen and oxygen atoms in total. The number of benzene rings is 5. The van der Waals surface area contributed by atoms with E-state index in [1.54, 1.807) is 0 Å². The van der Waals surface area contributed by atoms with E-state index in [4.69, 9.17) is 0 Å². The first-order valence-electron chi connectivity index (χ1n) is 11.4. The van der Waals surface area contributed by atoms with Gasteiger partial charge in [-0.25, -0.2) is 0 Å². The van der Waals surface area contributed by atoms with E-state index in [1.807, 2.05) is 0 Å². The lowest BCUT2D eigenvalue weighted by molar-refractivity contribution is 1.04. The van der Waals surface area contributed by atoms with Gasteiger partial charge in [-0.05, 0) is 73.8 Å². The normalized spacial score (nSPS) is 13.4. The Kier molecular flexibility index (Phi) is 4.70. The topological polar surface area (TPSA) is 0 Å². The van der Waals surface area contributed by atoms with Crippen LogP contribution in [0.2, 0.25) is 0 Å². The molecule has 0 saturated heterocycles. The van der Waals surface area contributed by atoms with Crippen LogP contribution in [0.3, 0.4) is 0 Å². The van der Waals surface area contributed by atoms with E-state index in [-0.39, 0.29) is 0 Å². The molecule has 0 saturated carbocycles. The molecule has 32 heavy (non-hydrogen) atoms.